The maximum atomic E-state index is 11.6. The predicted octanol–water partition coefficient (Wildman–Crippen LogP) is -0.618. The highest BCUT2D eigenvalue weighted by Crippen LogP contribution is 2.08. The molecule has 1 aromatic carbocycles. The Morgan fingerprint density at radius 3 is 2.53 bits per heavy atom. The van der Waals surface area contributed by atoms with E-state index in [0.717, 1.165) is 5.56 Å². The summed E-state index contributed by atoms with van der Waals surface area (Å²) in [5, 5.41) is 17.1. The number of carbonyl (C=O) groups excluding carboxylic acids is 1. The van der Waals surface area contributed by atoms with Crippen molar-refractivity contribution in [1.82, 2.24) is 20.7 Å². The van der Waals surface area contributed by atoms with Gasteiger partial charge in [-0.05, 0) is 17.7 Å². The van der Waals surface area contributed by atoms with Crippen LogP contribution in [0.1, 0.15) is 16.1 Å². The number of nitrogens with two attached hydrogens (primary N) is 1. The number of hydrogen-bond donors (Lipinski definition) is 3. The summed E-state index contributed by atoms with van der Waals surface area (Å²) < 4.78 is 22.1. The number of amides is 1. The van der Waals surface area contributed by atoms with Crippen molar-refractivity contribution >= 4 is 15.9 Å². The van der Waals surface area contributed by atoms with Crippen molar-refractivity contribution in [2.24, 2.45) is 5.14 Å². The van der Waals surface area contributed by atoms with Crippen LogP contribution in [0.3, 0.4) is 0 Å². The van der Waals surface area contributed by atoms with Crippen molar-refractivity contribution in [2.75, 3.05) is 0 Å². The highest BCUT2D eigenvalue weighted by molar-refractivity contribution is 7.89. The molecule has 2 aromatic rings. The minimum atomic E-state index is -3.70. The highest BCUT2D eigenvalue weighted by atomic mass is 32.2. The molecule has 1 aromatic heterocycles. The second-order valence-electron chi connectivity index (χ2n) is 3.73. The molecule has 0 bridgehead atoms. The largest absolute Gasteiger partial charge is 0.347 e. The fourth-order valence-electron chi connectivity index (χ4n) is 1.38. The van der Waals surface area contributed by atoms with Gasteiger partial charge in [0.1, 0.15) is 0 Å². The minimum absolute atomic E-state index is 0.0269. The van der Waals surface area contributed by atoms with Gasteiger partial charge in [-0.1, -0.05) is 12.1 Å². The molecule has 0 spiro atoms. The van der Waals surface area contributed by atoms with Crippen LogP contribution in [0.5, 0.6) is 0 Å². The third-order valence-electron chi connectivity index (χ3n) is 2.35. The molecule has 19 heavy (non-hydrogen) atoms. The molecule has 0 aliphatic carbocycles. The summed E-state index contributed by atoms with van der Waals surface area (Å²) >= 11 is 0. The van der Waals surface area contributed by atoms with Crippen LogP contribution >= 0.6 is 0 Å². The van der Waals surface area contributed by atoms with Gasteiger partial charge < -0.3 is 5.32 Å². The third kappa shape index (κ3) is 3.36. The lowest BCUT2D eigenvalue weighted by atomic mass is 10.2. The van der Waals surface area contributed by atoms with E-state index < -0.39 is 10.0 Å². The standard InChI is InChI=1S/C10H11N5O3S/c11-19(17,18)8-3-1-7(2-4-8)5-12-10(16)9-6-13-15-14-9/h1-4,6H,5H2,(H,12,16)(H2,11,17,18)(H,13,14,15). The van der Waals surface area contributed by atoms with Gasteiger partial charge in [-0.25, -0.2) is 13.6 Å². The lowest BCUT2D eigenvalue weighted by molar-refractivity contribution is 0.0946. The first kappa shape index (κ1) is 13.2. The molecule has 1 amide bonds. The molecule has 0 unspecified atom stereocenters. The molecule has 2 rings (SSSR count). The molecule has 100 valence electrons. The number of nitrogens with one attached hydrogen (secondary N) is 2. The smallest absolute Gasteiger partial charge is 0.273 e. The summed E-state index contributed by atoms with van der Waals surface area (Å²) in [5.74, 6) is -0.371. The van der Waals surface area contributed by atoms with Crippen LogP contribution < -0.4 is 10.5 Å². The molecular weight excluding hydrogens is 270 g/mol. The summed E-state index contributed by atoms with van der Waals surface area (Å²) in [6.07, 6.45) is 1.30. The van der Waals surface area contributed by atoms with E-state index in [9.17, 15) is 13.2 Å². The van der Waals surface area contributed by atoms with Crippen LogP contribution in [0.2, 0.25) is 0 Å². The SMILES string of the molecule is NS(=O)(=O)c1ccc(CNC(=O)c2cn[nH]n2)cc1. The minimum Gasteiger partial charge on any atom is -0.347 e. The molecule has 0 aliphatic heterocycles. The van der Waals surface area contributed by atoms with Gasteiger partial charge in [0.25, 0.3) is 5.91 Å². The molecule has 1 heterocycles. The molecular formula is C10H11N5O3S. The first-order valence-electron chi connectivity index (χ1n) is 5.22. The van der Waals surface area contributed by atoms with Gasteiger partial charge in [0.2, 0.25) is 10.0 Å². The molecule has 0 aliphatic rings. The monoisotopic (exact) mass is 281 g/mol. The van der Waals surface area contributed by atoms with E-state index in [1.54, 1.807) is 12.1 Å². The van der Waals surface area contributed by atoms with Gasteiger partial charge >= 0.3 is 0 Å². The highest BCUT2D eigenvalue weighted by Gasteiger charge is 2.09. The average molecular weight is 281 g/mol. The number of rotatable bonds is 4. The number of aromatic amines is 1. The molecule has 4 N–H and O–H groups in total. The van der Waals surface area contributed by atoms with Crippen LogP contribution in [0.4, 0.5) is 0 Å². The Morgan fingerprint density at radius 1 is 1.32 bits per heavy atom. The Bertz CT molecular complexity index is 664. The number of aromatic nitrogens is 3. The summed E-state index contributed by atoms with van der Waals surface area (Å²) in [6.45, 7) is 0.247. The molecule has 0 radical (unpaired) electrons. The fraction of sp³-hybridized carbons (Fsp3) is 0.100. The van der Waals surface area contributed by atoms with E-state index in [1.165, 1.54) is 18.3 Å². The summed E-state index contributed by atoms with van der Waals surface area (Å²) in [4.78, 5) is 11.6. The first-order valence-corrected chi connectivity index (χ1v) is 6.77. The number of H-pyrrole nitrogens is 1. The van der Waals surface area contributed by atoms with Crippen molar-refractivity contribution < 1.29 is 13.2 Å². The molecule has 0 saturated carbocycles. The number of nitrogens with zero attached hydrogens (tertiary/aromatic N) is 2. The lowest BCUT2D eigenvalue weighted by Gasteiger charge is -2.04. The zero-order valence-corrected chi connectivity index (χ0v) is 10.5. The second kappa shape index (κ2) is 5.16. The van der Waals surface area contributed by atoms with Crippen molar-refractivity contribution in [1.29, 1.82) is 0 Å². The van der Waals surface area contributed by atoms with E-state index >= 15 is 0 Å². The molecule has 0 fully saturated rings. The van der Waals surface area contributed by atoms with E-state index in [1.807, 2.05) is 0 Å². The normalized spacial score (nSPS) is 11.2. The zero-order chi connectivity index (χ0) is 13.9. The Labute approximate surface area is 109 Å². The summed E-state index contributed by atoms with van der Waals surface area (Å²) in [6, 6.07) is 5.91. The molecule has 8 nitrogen and oxygen atoms in total. The maximum absolute atomic E-state index is 11.6. The topological polar surface area (TPSA) is 131 Å². The number of primary sulfonamides is 1. The number of sulfonamides is 1. The van der Waals surface area contributed by atoms with Crippen LogP contribution in [0.15, 0.2) is 35.4 Å². The van der Waals surface area contributed by atoms with Gasteiger partial charge in [-0.2, -0.15) is 15.4 Å². The van der Waals surface area contributed by atoms with Crippen LogP contribution in [-0.2, 0) is 16.6 Å². The number of benzene rings is 1. The Balaban J connectivity index is 1.99. The Hall–Kier alpha value is -2.26. The molecule has 0 atom stereocenters. The fourth-order valence-corrected chi connectivity index (χ4v) is 1.90. The van der Waals surface area contributed by atoms with Gasteiger partial charge in [-0.3, -0.25) is 4.79 Å². The third-order valence-corrected chi connectivity index (χ3v) is 3.28. The van der Waals surface area contributed by atoms with Crippen LogP contribution in [-0.4, -0.2) is 29.7 Å². The van der Waals surface area contributed by atoms with Gasteiger partial charge in [0, 0.05) is 6.54 Å². The van der Waals surface area contributed by atoms with Gasteiger partial charge in [0.15, 0.2) is 5.69 Å². The maximum Gasteiger partial charge on any atom is 0.273 e. The van der Waals surface area contributed by atoms with Crippen molar-refractivity contribution in [3.63, 3.8) is 0 Å². The summed E-state index contributed by atoms with van der Waals surface area (Å²) in [5.41, 5.74) is 0.922. The quantitative estimate of drug-likeness (QED) is 0.687. The average Bonchev–Trinajstić information content (AvgIpc) is 2.89. The Morgan fingerprint density at radius 2 is 2.00 bits per heavy atom. The molecule has 0 saturated heterocycles. The summed E-state index contributed by atoms with van der Waals surface area (Å²) in [7, 11) is -3.70. The lowest BCUT2D eigenvalue weighted by Crippen LogP contribution is -2.23. The van der Waals surface area contributed by atoms with Crippen molar-refractivity contribution in [3.05, 3.63) is 41.7 Å². The number of hydrogen-bond acceptors (Lipinski definition) is 5. The second-order valence-corrected chi connectivity index (χ2v) is 5.29. The van der Waals surface area contributed by atoms with Crippen LogP contribution in [0, 0.1) is 0 Å². The van der Waals surface area contributed by atoms with Gasteiger partial charge in [0.05, 0.1) is 11.1 Å². The van der Waals surface area contributed by atoms with Gasteiger partial charge in [-0.15, -0.1) is 0 Å². The van der Waals surface area contributed by atoms with E-state index in [-0.39, 0.29) is 23.0 Å². The predicted molar refractivity (Wildman–Crippen MR) is 65.4 cm³/mol. The van der Waals surface area contributed by atoms with E-state index in [4.69, 9.17) is 5.14 Å². The zero-order valence-electron chi connectivity index (χ0n) is 9.70. The van der Waals surface area contributed by atoms with Crippen LogP contribution in [0.25, 0.3) is 0 Å². The number of carbonyl (C=O) groups is 1. The Kier molecular flexibility index (Phi) is 3.58. The molecule has 9 heteroatoms. The van der Waals surface area contributed by atoms with E-state index in [0.29, 0.717) is 0 Å². The van der Waals surface area contributed by atoms with Crippen molar-refractivity contribution in [2.45, 2.75) is 11.4 Å². The van der Waals surface area contributed by atoms with E-state index in [2.05, 4.69) is 20.7 Å². The first-order chi connectivity index (χ1) is 8.97. The van der Waals surface area contributed by atoms with Crippen molar-refractivity contribution in [3.8, 4) is 0 Å².